The summed E-state index contributed by atoms with van der Waals surface area (Å²) in [5.74, 6) is 0. The average Bonchev–Trinajstić information content (AvgIpc) is 3.28. The van der Waals surface area contributed by atoms with E-state index in [1.54, 1.807) is 0 Å². The van der Waals surface area contributed by atoms with Crippen LogP contribution in [0.15, 0.2) is 91.0 Å². The first-order valence-corrected chi connectivity index (χ1v) is 11.7. The molecule has 0 saturated carbocycles. The van der Waals surface area contributed by atoms with Crippen LogP contribution in [0.4, 0.5) is 16.2 Å². The van der Waals surface area contributed by atoms with Crippen molar-refractivity contribution in [2.24, 2.45) is 0 Å². The Morgan fingerprint density at radius 1 is 0.806 bits per heavy atom. The van der Waals surface area contributed by atoms with Crippen LogP contribution in [0, 0.1) is 20.8 Å². The van der Waals surface area contributed by atoms with Crippen LogP contribution in [0.3, 0.4) is 0 Å². The number of benzene rings is 3. The van der Waals surface area contributed by atoms with Crippen molar-refractivity contribution in [3.05, 3.63) is 108 Å². The molecule has 2 N–H and O–H groups in total. The van der Waals surface area contributed by atoms with E-state index in [1.165, 1.54) is 5.56 Å². The number of nitrogens with one attached hydrogen (secondary N) is 2. The Morgan fingerprint density at radius 3 is 2.17 bits per heavy atom. The Bertz CT molecular complexity index is 1510. The van der Waals surface area contributed by atoms with Gasteiger partial charge >= 0.3 is 6.03 Å². The van der Waals surface area contributed by atoms with Crippen molar-refractivity contribution in [1.29, 1.82) is 0 Å². The summed E-state index contributed by atoms with van der Waals surface area (Å²) in [4.78, 5) is 17.6. The molecule has 0 radical (unpaired) electrons. The Balaban J connectivity index is 1.54. The highest BCUT2D eigenvalue weighted by Gasteiger charge is 2.19. The highest BCUT2D eigenvalue weighted by molar-refractivity contribution is 6.03. The number of hydrogen-bond acceptors (Lipinski definition) is 4. The maximum atomic E-state index is 12.8. The van der Waals surface area contributed by atoms with Gasteiger partial charge in [0, 0.05) is 11.3 Å². The van der Waals surface area contributed by atoms with E-state index < -0.39 is 0 Å². The first kappa shape index (κ1) is 23.0. The number of pyridine rings is 1. The lowest BCUT2D eigenvalue weighted by molar-refractivity contribution is 0.262. The van der Waals surface area contributed by atoms with Crippen molar-refractivity contribution in [3.63, 3.8) is 0 Å². The molecule has 0 aliphatic rings. The standard InChI is InChI=1S/C29H26N6O/c1-19-14-16-24(17-15-19)35-21(3)28(33-34-35)26-18-25(22-10-6-4-7-11-22)27(20(2)30-26)32-29(36)31-23-12-8-5-9-13-23/h4-18H,1-3H3,(H2,31,32,36). The summed E-state index contributed by atoms with van der Waals surface area (Å²) in [7, 11) is 0. The van der Waals surface area contributed by atoms with E-state index in [1.807, 2.05) is 110 Å². The molecule has 0 aliphatic heterocycles. The van der Waals surface area contributed by atoms with Gasteiger partial charge in [-0.05, 0) is 56.7 Å². The number of rotatable bonds is 5. The second-order valence-corrected chi connectivity index (χ2v) is 8.60. The first-order chi connectivity index (χ1) is 17.5. The highest BCUT2D eigenvalue weighted by Crippen LogP contribution is 2.34. The van der Waals surface area contributed by atoms with Gasteiger partial charge in [-0.3, -0.25) is 0 Å². The molecule has 2 heterocycles. The summed E-state index contributed by atoms with van der Waals surface area (Å²) in [5.41, 5.74) is 8.23. The molecular formula is C29H26N6O. The zero-order valence-electron chi connectivity index (χ0n) is 20.4. The van der Waals surface area contributed by atoms with Crippen molar-refractivity contribution in [1.82, 2.24) is 20.0 Å². The van der Waals surface area contributed by atoms with Gasteiger partial charge in [-0.1, -0.05) is 71.4 Å². The predicted octanol–water partition coefficient (Wildman–Crippen LogP) is 6.57. The van der Waals surface area contributed by atoms with Crippen LogP contribution >= 0.6 is 0 Å². The third-order valence-corrected chi connectivity index (χ3v) is 5.97. The van der Waals surface area contributed by atoms with Crippen LogP contribution in [0.1, 0.15) is 17.0 Å². The molecule has 5 aromatic rings. The molecule has 0 aliphatic carbocycles. The summed E-state index contributed by atoms with van der Waals surface area (Å²) in [5, 5.41) is 14.7. The van der Waals surface area contributed by atoms with Crippen molar-refractivity contribution in [2.75, 3.05) is 10.6 Å². The number of carbonyl (C=O) groups is 1. The molecule has 3 aromatic carbocycles. The largest absolute Gasteiger partial charge is 0.323 e. The molecule has 0 spiro atoms. The third-order valence-electron chi connectivity index (χ3n) is 5.97. The number of para-hydroxylation sites is 1. The van der Waals surface area contributed by atoms with E-state index >= 15 is 0 Å². The Kier molecular flexibility index (Phi) is 6.28. The molecule has 5 rings (SSSR count). The van der Waals surface area contributed by atoms with Crippen molar-refractivity contribution in [3.8, 4) is 28.2 Å². The van der Waals surface area contributed by atoms with Crippen molar-refractivity contribution >= 4 is 17.4 Å². The molecule has 0 bridgehead atoms. The third kappa shape index (κ3) is 4.72. The van der Waals surface area contributed by atoms with Crippen LogP contribution in [-0.2, 0) is 0 Å². The summed E-state index contributed by atoms with van der Waals surface area (Å²) in [6.07, 6.45) is 0. The first-order valence-electron chi connectivity index (χ1n) is 11.7. The summed E-state index contributed by atoms with van der Waals surface area (Å²) >= 11 is 0. The van der Waals surface area contributed by atoms with Gasteiger partial charge in [-0.25, -0.2) is 14.5 Å². The summed E-state index contributed by atoms with van der Waals surface area (Å²) in [6, 6.07) is 29.0. The second-order valence-electron chi connectivity index (χ2n) is 8.60. The minimum absolute atomic E-state index is 0.336. The average molecular weight is 475 g/mol. The molecule has 0 saturated heterocycles. The maximum Gasteiger partial charge on any atom is 0.323 e. The normalized spacial score (nSPS) is 10.8. The lowest BCUT2D eigenvalue weighted by atomic mass is 10.0. The summed E-state index contributed by atoms with van der Waals surface area (Å²) < 4.78 is 1.81. The minimum atomic E-state index is -0.336. The number of aryl methyl sites for hydroxylation is 2. The number of amides is 2. The van der Waals surface area contributed by atoms with Gasteiger partial charge < -0.3 is 10.6 Å². The van der Waals surface area contributed by atoms with Gasteiger partial charge in [0.2, 0.25) is 0 Å². The molecule has 7 heteroatoms. The lowest BCUT2D eigenvalue weighted by Gasteiger charge is -2.16. The zero-order valence-corrected chi connectivity index (χ0v) is 20.4. The van der Waals surface area contributed by atoms with E-state index in [-0.39, 0.29) is 6.03 Å². The number of aromatic nitrogens is 4. The van der Waals surface area contributed by atoms with Crippen molar-refractivity contribution < 1.29 is 4.79 Å². The van der Waals surface area contributed by atoms with E-state index in [2.05, 4.69) is 27.9 Å². The molecule has 178 valence electrons. The zero-order chi connectivity index (χ0) is 25.1. The van der Waals surface area contributed by atoms with E-state index in [0.29, 0.717) is 28.5 Å². The lowest BCUT2D eigenvalue weighted by Crippen LogP contribution is -2.21. The fourth-order valence-corrected chi connectivity index (χ4v) is 4.09. The molecule has 7 nitrogen and oxygen atoms in total. The smallest absolute Gasteiger partial charge is 0.308 e. The maximum absolute atomic E-state index is 12.8. The topological polar surface area (TPSA) is 84.7 Å². The second kappa shape index (κ2) is 9.84. The fraction of sp³-hybridized carbons (Fsp3) is 0.103. The van der Waals surface area contributed by atoms with Crippen LogP contribution in [0.25, 0.3) is 28.2 Å². The van der Waals surface area contributed by atoms with E-state index in [0.717, 1.165) is 22.5 Å². The molecule has 0 atom stereocenters. The fourth-order valence-electron chi connectivity index (χ4n) is 4.09. The minimum Gasteiger partial charge on any atom is -0.308 e. The van der Waals surface area contributed by atoms with Crippen LogP contribution in [0.2, 0.25) is 0 Å². The molecule has 2 aromatic heterocycles. The molecule has 2 amide bonds. The SMILES string of the molecule is Cc1ccc(-n2nnc(-c3cc(-c4ccccc4)c(NC(=O)Nc4ccccc4)c(C)n3)c2C)cc1. The van der Waals surface area contributed by atoms with Gasteiger partial charge in [0.15, 0.2) is 0 Å². The number of urea groups is 1. The monoisotopic (exact) mass is 474 g/mol. The molecular weight excluding hydrogens is 448 g/mol. The number of hydrogen-bond donors (Lipinski definition) is 2. The predicted molar refractivity (Wildman–Crippen MR) is 143 cm³/mol. The van der Waals surface area contributed by atoms with Gasteiger partial charge in [0.25, 0.3) is 0 Å². The van der Waals surface area contributed by atoms with Gasteiger partial charge in [0.05, 0.1) is 28.5 Å². The quantitative estimate of drug-likeness (QED) is 0.302. The van der Waals surface area contributed by atoms with E-state index in [9.17, 15) is 4.79 Å². The van der Waals surface area contributed by atoms with Crippen molar-refractivity contribution in [2.45, 2.75) is 20.8 Å². The van der Waals surface area contributed by atoms with Crippen LogP contribution in [-0.4, -0.2) is 26.0 Å². The van der Waals surface area contributed by atoms with Gasteiger partial charge in [-0.2, -0.15) is 0 Å². The summed E-state index contributed by atoms with van der Waals surface area (Å²) in [6.45, 7) is 5.92. The van der Waals surface area contributed by atoms with Crippen LogP contribution < -0.4 is 10.6 Å². The Hall–Kier alpha value is -4.78. The number of anilines is 2. The molecule has 0 fully saturated rings. The molecule has 0 unspecified atom stereocenters. The van der Waals surface area contributed by atoms with Gasteiger partial charge in [-0.15, -0.1) is 5.10 Å². The Morgan fingerprint density at radius 2 is 1.47 bits per heavy atom. The van der Waals surface area contributed by atoms with Crippen LogP contribution in [0.5, 0.6) is 0 Å². The van der Waals surface area contributed by atoms with E-state index in [4.69, 9.17) is 4.98 Å². The van der Waals surface area contributed by atoms with Gasteiger partial charge in [0.1, 0.15) is 5.69 Å². The number of carbonyl (C=O) groups excluding carboxylic acids is 1. The highest BCUT2D eigenvalue weighted by atomic mass is 16.2. The molecule has 36 heavy (non-hydrogen) atoms. The number of nitrogens with zero attached hydrogens (tertiary/aromatic N) is 4. The Labute approximate surface area is 209 Å².